The van der Waals surface area contributed by atoms with Gasteiger partial charge in [0.05, 0.1) is 24.9 Å². The number of halogens is 2. The molecule has 2 rings (SSSR count). The zero-order valence-corrected chi connectivity index (χ0v) is 13.6. The lowest BCUT2D eigenvalue weighted by molar-refractivity contribution is -0.116. The summed E-state index contributed by atoms with van der Waals surface area (Å²) in [5.41, 5.74) is 0.944. The second-order valence-corrected chi connectivity index (χ2v) is 5.23. The van der Waals surface area contributed by atoms with Crippen LogP contribution in [0, 0.1) is 5.82 Å². The monoisotopic (exact) mass is 337 g/mol. The van der Waals surface area contributed by atoms with E-state index in [-0.39, 0.29) is 18.1 Å². The van der Waals surface area contributed by atoms with Crippen LogP contribution < -0.4 is 14.8 Å². The Bertz CT molecular complexity index is 706. The van der Waals surface area contributed by atoms with Crippen LogP contribution in [0.25, 0.3) is 0 Å². The number of hydrogen-bond acceptors (Lipinski definition) is 3. The van der Waals surface area contributed by atoms with Crippen LogP contribution in [-0.2, 0) is 11.2 Å². The lowest BCUT2D eigenvalue weighted by Gasteiger charge is -2.13. The van der Waals surface area contributed by atoms with Gasteiger partial charge in [0.25, 0.3) is 0 Å². The Kier molecular flexibility index (Phi) is 5.82. The highest BCUT2D eigenvalue weighted by Crippen LogP contribution is 2.35. The summed E-state index contributed by atoms with van der Waals surface area (Å²) >= 11 is 6.05. The standard InChI is InChI=1S/C17H17ClFNO3/c1-22-15-10-16(23-2)14(9-12(15)18)20-17(21)8-7-11-5-3-4-6-13(11)19/h3-6,9-10H,7-8H2,1-2H3,(H,20,21). The van der Waals surface area contributed by atoms with Crippen molar-refractivity contribution in [1.82, 2.24) is 0 Å². The average Bonchev–Trinajstić information content (AvgIpc) is 2.54. The van der Waals surface area contributed by atoms with Crippen molar-refractivity contribution in [1.29, 1.82) is 0 Å². The number of carbonyl (C=O) groups excluding carboxylic acids is 1. The lowest BCUT2D eigenvalue weighted by atomic mass is 10.1. The molecule has 0 bridgehead atoms. The van der Waals surface area contributed by atoms with Crippen molar-refractivity contribution < 1.29 is 18.7 Å². The predicted octanol–water partition coefficient (Wildman–Crippen LogP) is 4.07. The zero-order chi connectivity index (χ0) is 16.8. The quantitative estimate of drug-likeness (QED) is 0.864. The Morgan fingerprint density at radius 3 is 2.52 bits per heavy atom. The number of benzene rings is 2. The number of ether oxygens (including phenoxy) is 2. The summed E-state index contributed by atoms with van der Waals surface area (Å²) in [5, 5.41) is 3.08. The maximum Gasteiger partial charge on any atom is 0.224 e. The van der Waals surface area contributed by atoms with Gasteiger partial charge in [-0.3, -0.25) is 4.79 Å². The first-order valence-corrected chi connectivity index (χ1v) is 7.37. The van der Waals surface area contributed by atoms with E-state index in [1.54, 1.807) is 30.3 Å². The van der Waals surface area contributed by atoms with Crippen LogP contribution in [0.15, 0.2) is 36.4 Å². The number of amides is 1. The molecule has 0 unspecified atom stereocenters. The Morgan fingerprint density at radius 1 is 1.17 bits per heavy atom. The second-order valence-electron chi connectivity index (χ2n) is 4.83. The van der Waals surface area contributed by atoms with Gasteiger partial charge in [-0.05, 0) is 24.1 Å². The largest absolute Gasteiger partial charge is 0.495 e. The lowest BCUT2D eigenvalue weighted by Crippen LogP contribution is -2.13. The van der Waals surface area contributed by atoms with Crippen molar-refractivity contribution in [3.8, 4) is 11.5 Å². The van der Waals surface area contributed by atoms with E-state index in [2.05, 4.69) is 5.32 Å². The molecule has 0 atom stereocenters. The van der Waals surface area contributed by atoms with E-state index < -0.39 is 0 Å². The number of methoxy groups -OCH3 is 2. The van der Waals surface area contributed by atoms with Crippen molar-refractivity contribution >= 4 is 23.2 Å². The molecule has 0 fully saturated rings. The van der Waals surface area contributed by atoms with Crippen LogP contribution >= 0.6 is 11.6 Å². The fourth-order valence-corrected chi connectivity index (χ4v) is 2.36. The third-order valence-electron chi connectivity index (χ3n) is 3.33. The molecule has 0 radical (unpaired) electrons. The molecule has 1 N–H and O–H groups in total. The van der Waals surface area contributed by atoms with Gasteiger partial charge in [0.2, 0.25) is 5.91 Å². The molecule has 6 heteroatoms. The fourth-order valence-electron chi connectivity index (χ4n) is 2.12. The Labute approximate surface area is 139 Å². The molecule has 4 nitrogen and oxygen atoms in total. The first kappa shape index (κ1) is 17.1. The molecule has 0 heterocycles. The molecule has 0 aromatic heterocycles. The molecule has 0 saturated carbocycles. The van der Waals surface area contributed by atoms with Gasteiger partial charge >= 0.3 is 0 Å². The van der Waals surface area contributed by atoms with Crippen molar-refractivity contribution in [2.24, 2.45) is 0 Å². The van der Waals surface area contributed by atoms with E-state index in [4.69, 9.17) is 21.1 Å². The molecule has 23 heavy (non-hydrogen) atoms. The number of aryl methyl sites for hydroxylation is 1. The van der Waals surface area contributed by atoms with Crippen molar-refractivity contribution in [2.45, 2.75) is 12.8 Å². The smallest absolute Gasteiger partial charge is 0.224 e. The van der Waals surface area contributed by atoms with Crippen LogP contribution in [0.1, 0.15) is 12.0 Å². The number of nitrogens with one attached hydrogen (secondary N) is 1. The van der Waals surface area contributed by atoms with E-state index in [9.17, 15) is 9.18 Å². The van der Waals surface area contributed by atoms with E-state index in [1.807, 2.05) is 0 Å². The molecule has 2 aromatic carbocycles. The Balaban J connectivity index is 2.05. The highest BCUT2D eigenvalue weighted by molar-refractivity contribution is 6.32. The summed E-state index contributed by atoms with van der Waals surface area (Å²) in [4.78, 5) is 12.1. The highest BCUT2D eigenvalue weighted by atomic mass is 35.5. The maximum atomic E-state index is 13.5. The van der Waals surface area contributed by atoms with Gasteiger partial charge in [-0.15, -0.1) is 0 Å². The van der Waals surface area contributed by atoms with Crippen LogP contribution in [0.5, 0.6) is 11.5 Å². The van der Waals surface area contributed by atoms with E-state index in [0.717, 1.165) is 0 Å². The molecule has 0 aliphatic heterocycles. The summed E-state index contributed by atoms with van der Waals surface area (Å²) in [5.74, 6) is 0.316. The third kappa shape index (κ3) is 4.36. The first-order valence-electron chi connectivity index (χ1n) is 7.00. The number of anilines is 1. The van der Waals surface area contributed by atoms with Crippen LogP contribution in [0.3, 0.4) is 0 Å². The molecular weight excluding hydrogens is 321 g/mol. The summed E-state index contributed by atoms with van der Waals surface area (Å²) in [6.45, 7) is 0. The van der Waals surface area contributed by atoms with Crippen LogP contribution in [0.4, 0.5) is 10.1 Å². The fraction of sp³-hybridized carbons (Fsp3) is 0.235. The SMILES string of the molecule is COc1cc(OC)c(NC(=O)CCc2ccccc2F)cc1Cl. The zero-order valence-electron chi connectivity index (χ0n) is 12.9. The average molecular weight is 338 g/mol. The minimum absolute atomic E-state index is 0.147. The first-order chi connectivity index (χ1) is 11.0. The van der Waals surface area contributed by atoms with Crippen LogP contribution in [-0.4, -0.2) is 20.1 Å². The van der Waals surface area contributed by atoms with Gasteiger partial charge in [0.1, 0.15) is 17.3 Å². The van der Waals surface area contributed by atoms with Gasteiger partial charge in [0, 0.05) is 12.5 Å². The van der Waals surface area contributed by atoms with E-state index >= 15 is 0 Å². The summed E-state index contributed by atoms with van der Waals surface area (Å²) < 4.78 is 23.9. The molecule has 0 aliphatic rings. The molecule has 122 valence electrons. The Morgan fingerprint density at radius 2 is 1.87 bits per heavy atom. The van der Waals surface area contributed by atoms with Gasteiger partial charge in [0.15, 0.2) is 0 Å². The highest BCUT2D eigenvalue weighted by Gasteiger charge is 2.13. The van der Waals surface area contributed by atoms with Crippen molar-refractivity contribution in [2.75, 3.05) is 19.5 Å². The van der Waals surface area contributed by atoms with Crippen molar-refractivity contribution in [3.05, 3.63) is 52.8 Å². The Hall–Kier alpha value is -2.27. The predicted molar refractivity (Wildman–Crippen MR) is 87.9 cm³/mol. The van der Waals surface area contributed by atoms with Gasteiger partial charge in [-0.2, -0.15) is 0 Å². The molecule has 0 spiro atoms. The van der Waals surface area contributed by atoms with Crippen molar-refractivity contribution in [3.63, 3.8) is 0 Å². The van der Waals surface area contributed by atoms with Gasteiger partial charge < -0.3 is 14.8 Å². The number of carbonyl (C=O) groups is 1. The third-order valence-corrected chi connectivity index (χ3v) is 3.62. The van der Waals surface area contributed by atoms with Crippen LogP contribution in [0.2, 0.25) is 5.02 Å². The second kappa shape index (κ2) is 7.83. The topological polar surface area (TPSA) is 47.6 Å². The summed E-state index contributed by atoms with van der Waals surface area (Å²) in [6.07, 6.45) is 0.457. The molecule has 1 amide bonds. The molecular formula is C17H17ClFNO3. The minimum Gasteiger partial charge on any atom is -0.495 e. The summed E-state index contributed by atoms with van der Waals surface area (Å²) in [7, 11) is 2.98. The van der Waals surface area contributed by atoms with E-state index in [1.165, 1.54) is 20.3 Å². The normalized spacial score (nSPS) is 10.3. The molecule has 0 saturated heterocycles. The minimum atomic E-state index is -0.314. The summed E-state index contributed by atoms with van der Waals surface area (Å²) in [6, 6.07) is 9.54. The maximum absolute atomic E-state index is 13.5. The number of hydrogen-bond donors (Lipinski definition) is 1. The number of rotatable bonds is 6. The van der Waals surface area contributed by atoms with Gasteiger partial charge in [-0.1, -0.05) is 29.8 Å². The molecule has 0 aliphatic carbocycles. The van der Waals surface area contributed by atoms with Gasteiger partial charge in [-0.25, -0.2) is 4.39 Å². The van der Waals surface area contributed by atoms with E-state index in [0.29, 0.717) is 34.2 Å². The molecule has 2 aromatic rings.